The average Bonchev–Trinajstić information content (AvgIpc) is 3.69. The van der Waals surface area contributed by atoms with E-state index in [9.17, 15) is 0 Å². The Hall–Kier alpha value is -6.80. The van der Waals surface area contributed by atoms with Gasteiger partial charge in [-0.2, -0.15) is 0 Å². The largest absolute Gasteiger partial charge is 0.135 e. The van der Waals surface area contributed by atoms with E-state index in [0.29, 0.717) is 0 Å². The predicted molar refractivity (Wildman–Crippen MR) is 264 cm³/mol. The molecule has 0 spiro atoms. The Morgan fingerprint density at radius 3 is 1.36 bits per heavy atom. The molecule has 1 aromatic heterocycles. The fraction of sp³-hybridized carbons (Fsp3) is 0.100. The molecule has 1 unspecified atom stereocenters. The van der Waals surface area contributed by atoms with Gasteiger partial charge >= 0.3 is 0 Å². The van der Waals surface area contributed by atoms with Gasteiger partial charge in [-0.15, -0.1) is 11.3 Å². The van der Waals surface area contributed by atoms with Gasteiger partial charge in [0.2, 0.25) is 0 Å². The molecule has 0 nitrogen and oxygen atoms in total. The summed E-state index contributed by atoms with van der Waals surface area (Å²) in [7, 11) is 0. The third-order valence-corrected chi connectivity index (χ3v) is 14.0. The zero-order valence-electron chi connectivity index (χ0n) is 35.2. The van der Waals surface area contributed by atoms with E-state index in [2.05, 4.69) is 234 Å². The van der Waals surface area contributed by atoms with Crippen LogP contribution in [0.4, 0.5) is 0 Å². The molecule has 10 rings (SSSR count). The fourth-order valence-corrected chi connectivity index (χ4v) is 10.4. The van der Waals surface area contributed by atoms with Crippen LogP contribution >= 0.6 is 11.3 Å². The van der Waals surface area contributed by atoms with Gasteiger partial charge in [0, 0.05) is 32.0 Å². The minimum absolute atomic E-state index is 0.184. The summed E-state index contributed by atoms with van der Waals surface area (Å²) >= 11 is 1.89. The Balaban J connectivity index is 1.06. The molecule has 0 fully saturated rings. The van der Waals surface area contributed by atoms with E-state index in [1.807, 2.05) is 11.3 Å². The molecule has 0 aliphatic rings. The summed E-state index contributed by atoms with van der Waals surface area (Å²) < 4.78 is 2.66. The molecule has 10 aromatic rings. The van der Waals surface area contributed by atoms with E-state index in [1.165, 1.54) is 109 Å². The lowest BCUT2D eigenvalue weighted by molar-refractivity contribution is 0.925. The molecule has 0 bridgehead atoms. The second-order valence-electron chi connectivity index (χ2n) is 16.6. The van der Waals surface area contributed by atoms with Gasteiger partial charge in [-0.25, -0.2) is 0 Å². The number of thiophene rings is 1. The molecule has 1 heterocycles. The van der Waals surface area contributed by atoms with E-state index in [4.69, 9.17) is 0 Å². The topological polar surface area (TPSA) is 0 Å². The number of benzene rings is 9. The highest BCUT2D eigenvalue weighted by Crippen LogP contribution is 2.43. The zero-order chi connectivity index (χ0) is 41.5. The van der Waals surface area contributed by atoms with Gasteiger partial charge in [0.15, 0.2) is 0 Å². The molecule has 0 aliphatic carbocycles. The monoisotopic (exact) mass is 800 g/mol. The van der Waals surface area contributed by atoms with Crippen LogP contribution in [-0.4, -0.2) is 0 Å². The Morgan fingerprint density at radius 1 is 0.311 bits per heavy atom. The maximum atomic E-state index is 2.45. The molecule has 0 radical (unpaired) electrons. The van der Waals surface area contributed by atoms with Gasteiger partial charge in [-0.1, -0.05) is 190 Å². The average molecular weight is 801 g/mol. The maximum absolute atomic E-state index is 2.45. The molecule has 0 saturated carbocycles. The second kappa shape index (κ2) is 16.3. The summed E-state index contributed by atoms with van der Waals surface area (Å²) in [5.41, 5.74) is 20.5. The molecular weight excluding hydrogens is 753 g/mol. The van der Waals surface area contributed by atoms with Crippen LogP contribution in [0.2, 0.25) is 0 Å². The summed E-state index contributed by atoms with van der Waals surface area (Å²) in [5.74, 6) is 0.380. The Morgan fingerprint density at radius 2 is 0.787 bits per heavy atom. The van der Waals surface area contributed by atoms with E-state index < -0.39 is 0 Å². The van der Waals surface area contributed by atoms with Crippen molar-refractivity contribution in [1.82, 2.24) is 0 Å². The first-order valence-electron chi connectivity index (χ1n) is 21.5. The van der Waals surface area contributed by atoms with Crippen LogP contribution < -0.4 is 0 Å². The molecule has 0 N–H and O–H groups in total. The number of hydrogen-bond acceptors (Lipinski definition) is 1. The molecule has 1 heteroatoms. The summed E-state index contributed by atoms with van der Waals surface area (Å²) in [6, 6.07) is 76.6. The van der Waals surface area contributed by atoms with Crippen LogP contribution in [0, 0.1) is 13.8 Å². The fourth-order valence-electron chi connectivity index (χ4n) is 9.30. The van der Waals surface area contributed by atoms with Crippen LogP contribution in [0.1, 0.15) is 59.1 Å². The van der Waals surface area contributed by atoms with Crippen LogP contribution in [-0.2, 0) is 0 Å². The molecule has 2 atom stereocenters. The first-order chi connectivity index (χ1) is 29.9. The minimum Gasteiger partial charge on any atom is -0.135 e. The van der Waals surface area contributed by atoms with E-state index in [-0.39, 0.29) is 11.8 Å². The smallest absolute Gasteiger partial charge is 0.0361 e. The lowest BCUT2D eigenvalue weighted by Crippen LogP contribution is -2.02. The van der Waals surface area contributed by atoms with Gasteiger partial charge in [-0.05, 0) is 133 Å². The van der Waals surface area contributed by atoms with Crippen molar-refractivity contribution < 1.29 is 0 Å². The van der Waals surface area contributed by atoms with E-state index >= 15 is 0 Å². The summed E-state index contributed by atoms with van der Waals surface area (Å²) in [5, 5.41) is 2.66. The standard InChI is InChI=1S/C60H48S/c1-39-16-11-13-24-51(39)56-36-48(26-30-53(56)41(3)45-22-15-23-47(34-45)43-18-7-5-8-19-43)49-27-31-54(57(37-49)52-25-14-12-17-40(52)2)42(4)46-29-33-59-58(35-46)55-32-28-50(38-60(55)61-59)44-20-9-6-10-21-44/h5-38,41-42H,1-4H3/t41?,42-/m0/s1. The van der Waals surface area contributed by atoms with Crippen LogP contribution in [0.15, 0.2) is 206 Å². The normalized spacial score (nSPS) is 12.5. The van der Waals surface area contributed by atoms with Gasteiger partial charge in [-0.3, -0.25) is 0 Å². The van der Waals surface area contributed by atoms with Gasteiger partial charge in [0.1, 0.15) is 0 Å². The SMILES string of the molecule is Cc1ccccc1-c1cc(-c2ccc([C@@H](C)c3ccc4sc5cc(-c6ccccc6)ccc5c4c3)c(-c3ccccc3C)c2)ccc1C(C)c1cccc(-c2ccccc2)c1. The van der Waals surface area contributed by atoms with E-state index in [0.717, 1.165) is 0 Å². The van der Waals surface area contributed by atoms with Crippen LogP contribution in [0.25, 0.3) is 75.8 Å². The molecule has 9 aromatic carbocycles. The summed E-state index contributed by atoms with van der Waals surface area (Å²) in [4.78, 5) is 0. The number of aryl methyl sites for hydroxylation is 2. The lowest BCUT2D eigenvalue weighted by Gasteiger charge is -2.22. The highest BCUT2D eigenvalue weighted by Gasteiger charge is 2.21. The third kappa shape index (κ3) is 7.41. The van der Waals surface area contributed by atoms with Gasteiger partial charge < -0.3 is 0 Å². The van der Waals surface area contributed by atoms with Crippen molar-refractivity contribution in [2.24, 2.45) is 0 Å². The van der Waals surface area contributed by atoms with Crippen molar-refractivity contribution in [3.8, 4) is 55.6 Å². The molecule has 61 heavy (non-hydrogen) atoms. The van der Waals surface area contributed by atoms with Crippen LogP contribution in [0.3, 0.4) is 0 Å². The lowest BCUT2D eigenvalue weighted by atomic mass is 9.82. The van der Waals surface area contributed by atoms with Crippen molar-refractivity contribution >= 4 is 31.5 Å². The van der Waals surface area contributed by atoms with Crippen molar-refractivity contribution in [1.29, 1.82) is 0 Å². The Labute approximate surface area is 364 Å². The predicted octanol–water partition coefficient (Wildman–Crippen LogP) is 17.3. The van der Waals surface area contributed by atoms with E-state index in [1.54, 1.807) is 0 Å². The quantitative estimate of drug-likeness (QED) is 0.136. The van der Waals surface area contributed by atoms with Crippen molar-refractivity contribution in [3.05, 3.63) is 240 Å². The number of fused-ring (bicyclic) bond motifs is 3. The first kappa shape index (κ1) is 38.4. The summed E-state index contributed by atoms with van der Waals surface area (Å²) in [6.45, 7) is 9.20. The van der Waals surface area contributed by atoms with Gasteiger partial charge in [0.05, 0.1) is 0 Å². The van der Waals surface area contributed by atoms with Crippen molar-refractivity contribution in [2.75, 3.05) is 0 Å². The Bertz CT molecular complexity index is 3190. The maximum Gasteiger partial charge on any atom is 0.0361 e. The highest BCUT2D eigenvalue weighted by molar-refractivity contribution is 7.25. The first-order valence-corrected chi connectivity index (χ1v) is 22.3. The molecular formula is C60H48S. The third-order valence-electron chi connectivity index (χ3n) is 12.8. The van der Waals surface area contributed by atoms with Gasteiger partial charge in [0.25, 0.3) is 0 Å². The highest BCUT2D eigenvalue weighted by atomic mass is 32.1. The van der Waals surface area contributed by atoms with Crippen molar-refractivity contribution in [3.63, 3.8) is 0 Å². The second-order valence-corrected chi connectivity index (χ2v) is 17.7. The molecule has 0 aliphatic heterocycles. The number of hydrogen-bond donors (Lipinski definition) is 0. The van der Waals surface area contributed by atoms with Crippen molar-refractivity contribution in [2.45, 2.75) is 39.5 Å². The molecule has 0 amide bonds. The van der Waals surface area contributed by atoms with Crippen LogP contribution in [0.5, 0.6) is 0 Å². The molecule has 294 valence electrons. The molecule has 0 saturated heterocycles. The number of rotatable bonds is 9. The Kier molecular flexibility index (Phi) is 10.3. The summed E-state index contributed by atoms with van der Waals surface area (Å²) in [6.07, 6.45) is 0. The minimum atomic E-state index is 0.184. The zero-order valence-corrected chi connectivity index (χ0v) is 36.0.